The third kappa shape index (κ3) is 5.76. The van der Waals surface area contributed by atoms with E-state index in [-0.39, 0.29) is 19.0 Å². The third-order valence-corrected chi connectivity index (χ3v) is 5.54. The van der Waals surface area contributed by atoms with Gasteiger partial charge in [-0.15, -0.1) is 15.3 Å². The third-order valence-electron chi connectivity index (χ3n) is 5.54. The number of nitrogens with zero attached hydrogens (tertiary/aromatic N) is 4. The van der Waals surface area contributed by atoms with Crippen LogP contribution in [0.5, 0.6) is 23.0 Å². The van der Waals surface area contributed by atoms with Crippen molar-refractivity contribution in [3.63, 3.8) is 0 Å². The number of phenols is 1. The lowest BCUT2D eigenvalue weighted by molar-refractivity contribution is 0.201. The van der Waals surface area contributed by atoms with E-state index in [2.05, 4.69) is 20.5 Å². The number of aryl methyl sites for hydroxylation is 1. The minimum atomic E-state index is -0.133. The maximum Gasteiger partial charge on any atom is 0.150 e. The van der Waals surface area contributed by atoms with Crippen LogP contribution in [0.2, 0.25) is 0 Å². The normalized spacial score (nSPS) is 11.5. The van der Waals surface area contributed by atoms with Gasteiger partial charge in [-0.1, -0.05) is 6.07 Å². The summed E-state index contributed by atoms with van der Waals surface area (Å²) in [7, 11) is 3.07. The molecule has 0 saturated carbocycles. The molecular weight excluding hydrogens is 474 g/mol. The molecule has 0 unspecified atom stereocenters. The number of ether oxygens (including phenoxy) is 3. The molecule has 0 heterocycles. The molecular formula is C27H27N5O5. The minimum absolute atomic E-state index is 0.0149. The molecule has 0 aliphatic rings. The number of aliphatic hydroxyl groups is 1. The van der Waals surface area contributed by atoms with Crippen LogP contribution in [0.1, 0.15) is 5.56 Å². The maximum absolute atomic E-state index is 10.6. The quantitative estimate of drug-likeness (QED) is 0.173. The Bertz CT molecular complexity index is 1490. The van der Waals surface area contributed by atoms with Gasteiger partial charge < -0.3 is 30.2 Å². The van der Waals surface area contributed by atoms with Crippen LogP contribution < -0.4 is 19.9 Å². The lowest BCUT2D eigenvalue weighted by Crippen LogP contribution is -2.01. The summed E-state index contributed by atoms with van der Waals surface area (Å²) in [5.41, 5.74) is 9.04. The number of anilines is 1. The topological polar surface area (TPSA) is 144 Å². The standard InChI is InChI=1S/C27H27N5O5/c1-16-12-24(32-30-22-8-4-17-13-18(28)5-7-20(17)27(22)34)25(36-3)15-23(16)31-29-21-9-6-19(35-2)14-26(21)37-11-10-33/h4-9,12-15,33-34H,10-11,28H2,1-3H3. The number of azo groups is 2. The maximum atomic E-state index is 10.6. The molecule has 0 fully saturated rings. The number of aliphatic hydroxyl groups excluding tert-OH is 1. The Kier molecular flexibility index (Phi) is 7.80. The highest BCUT2D eigenvalue weighted by molar-refractivity contribution is 5.94. The van der Waals surface area contributed by atoms with Gasteiger partial charge in [0.2, 0.25) is 0 Å². The number of hydrogen-bond donors (Lipinski definition) is 3. The second-order valence-corrected chi connectivity index (χ2v) is 8.03. The van der Waals surface area contributed by atoms with Gasteiger partial charge >= 0.3 is 0 Å². The largest absolute Gasteiger partial charge is 0.505 e. The number of nitrogens with two attached hydrogens (primary N) is 1. The van der Waals surface area contributed by atoms with Gasteiger partial charge in [0.15, 0.2) is 11.5 Å². The highest BCUT2D eigenvalue weighted by Crippen LogP contribution is 2.40. The lowest BCUT2D eigenvalue weighted by atomic mass is 10.1. The van der Waals surface area contributed by atoms with Gasteiger partial charge in [-0.05, 0) is 60.3 Å². The van der Waals surface area contributed by atoms with Crippen LogP contribution in [-0.4, -0.2) is 37.6 Å². The molecule has 0 atom stereocenters. The molecule has 4 rings (SSSR count). The van der Waals surface area contributed by atoms with Gasteiger partial charge in [0.05, 0.1) is 26.5 Å². The average Bonchev–Trinajstić information content (AvgIpc) is 2.91. The zero-order valence-electron chi connectivity index (χ0n) is 20.7. The Labute approximate surface area is 213 Å². The smallest absolute Gasteiger partial charge is 0.150 e. The van der Waals surface area contributed by atoms with E-state index in [1.54, 1.807) is 61.7 Å². The molecule has 0 bridgehead atoms. The summed E-state index contributed by atoms with van der Waals surface area (Å²) < 4.78 is 16.3. The van der Waals surface area contributed by atoms with Crippen LogP contribution >= 0.6 is 0 Å². The highest BCUT2D eigenvalue weighted by Gasteiger charge is 2.11. The van der Waals surface area contributed by atoms with Crippen LogP contribution in [0.15, 0.2) is 81.1 Å². The summed E-state index contributed by atoms with van der Waals surface area (Å²) in [4.78, 5) is 0. The summed E-state index contributed by atoms with van der Waals surface area (Å²) in [6.07, 6.45) is 0. The second kappa shape index (κ2) is 11.4. The molecule has 0 aliphatic carbocycles. The fraction of sp³-hybridized carbons (Fsp3) is 0.185. The number of fused-ring (bicyclic) bond motifs is 1. The molecule has 0 spiro atoms. The van der Waals surface area contributed by atoms with Crippen LogP contribution in [0.3, 0.4) is 0 Å². The monoisotopic (exact) mass is 501 g/mol. The van der Waals surface area contributed by atoms with E-state index < -0.39 is 0 Å². The Morgan fingerprint density at radius 1 is 0.757 bits per heavy atom. The van der Waals surface area contributed by atoms with Crippen LogP contribution in [0.25, 0.3) is 10.8 Å². The summed E-state index contributed by atoms with van der Waals surface area (Å²) in [6, 6.07) is 17.4. The summed E-state index contributed by atoms with van der Waals surface area (Å²) in [5.74, 6) is 1.48. The first-order chi connectivity index (χ1) is 17.9. The minimum Gasteiger partial charge on any atom is -0.505 e. The number of aromatic hydroxyl groups is 1. The van der Waals surface area contributed by atoms with Crippen molar-refractivity contribution < 1.29 is 24.4 Å². The van der Waals surface area contributed by atoms with Crippen molar-refractivity contribution in [2.45, 2.75) is 6.92 Å². The molecule has 190 valence electrons. The highest BCUT2D eigenvalue weighted by atomic mass is 16.5. The van der Waals surface area contributed by atoms with E-state index in [1.165, 1.54) is 7.11 Å². The van der Waals surface area contributed by atoms with E-state index in [1.807, 2.05) is 13.0 Å². The molecule has 0 aliphatic heterocycles. The number of benzene rings is 4. The molecule has 0 radical (unpaired) electrons. The fourth-order valence-electron chi connectivity index (χ4n) is 3.60. The number of rotatable bonds is 9. The van der Waals surface area contributed by atoms with Crippen molar-refractivity contribution in [3.8, 4) is 23.0 Å². The molecule has 4 aromatic carbocycles. The van der Waals surface area contributed by atoms with Crippen molar-refractivity contribution in [2.24, 2.45) is 20.5 Å². The molecule has 10 heteroatoms. The first kappa shape index (κ1) is 25.4. The van der Waals surface area contributed by atoms with E-state index in [0.29, 0.717) is 51.1 Å². The predicted molar refractivity (Wildman–Crippen MR) is 142 cm³/mol. The van der Waals surface area contributed by atoms with Crippen LogP contribution in [0, 0.1) is 6.92 Å². The van der Waals surface area contributed by atoms with E-state index >= 15 is 0 Å². The summed E-state index contributed by atoms with van der Waals surface area (Å²) in [5, 5.41) is 38.4. The zero-order chi connectivity index (χ0) is 26.4. The molecule has 37 heavy (non-hydrogen) atoms. The average molecular weight is 502 g/mol. The zero-order valence-corrected chi connectivity index (χ0v) is 20.7. The molecule has 0 amide bonds. The first-order valence-corrected chi connectivity index (χ1v) is 11.4. The van der Waals surface area contributed by atoms with Crippen LogP contribution in [-0.2, 0) is 0 Å². The summed E-state index contributed by atoms with van der Waals surface area (Å²) >= 11 is 0. The fourth-order valence-corrected chi connectivity index (χ4v) is 3.60. The predicted octanol–water partition coefficient (Wildman–Crippen LogP) is 6.66. The van der Waals surface area contributed by atoms with Crippen molar-refractivity contribution in [2.75, 3.05) is 33.2 Å². The van der Waals surface area contributed by atoms with Gasteiger partial charge in [-0.25, -0.2) is 0 Å². The molecule has 0 saturated heterocycles. The lowest BCUT2D eigenvalue weighted by Gasteiger charge is -2.10. The SMILES string of the molecule is COc1ccc(N=Nc2cc(OC)c(N=Nc3ccc4cc(N)ccc4c3O)cc2C)c(OCCO)c1. The Balaban J connectivity index is 1.63. The Morgan fingerprint density at radius 2 is 1.49 bits per heavy atom. The molecule has 10 nitrogen and oxygen atoms in total. The molecule has 0 aromatic heterocycles. The van der Waals surface area contributed by atoms with Gasteiger partial charge in [-0.2, -0.15) is 5.11 Å². The Morgan fingerprint density at radius 3 is 2.24 bits per heavy atom. The van der Waals surface area contributed by atoms with Gasteiger partial charge in [0.1, 0.15) is 35.2 Å². The van der Waals surface area contributed by atoms with Crippen molar-refractivity contribution in [1.82, 2.24) is 0 Å². The van der Waals surface area contributed by atoms with E-state index in [0.717, 1.165) is 10.9 Å². The van der Waals surface area contributed by atoms with E-state index in [9.17, 15) is 5.11 Å². The molecule has 4 N–H and O–H groups in total. The summed E-state index contributed by atoms with van der Waals surface area (Å²) in [6.45, 7) is 1.84. The number of methoxy groups -OCH3 is 2. The number of hydrogen-bond acceptors (Lipinski definition) is 10. The first-order valence-electron chi connectivity index (χ1n) is 11.4. The van der Waals surface area contributed by atoms with Gasteiger partial charge in [0, 0.05) is 23.2 Å². The van der Waals surface area contributed by atoms with Crippen molar-refractivity contribution in [3.05, 3.63) is 66.2 Å². The van der Waals surface area contributed by atoms with Crippen molar-refractivity contribution in [1.29, 1.82) is 0 Å². The van der Waals surface area contributed by atoms with Gasteiger partial charge in [-0.3, -0.25) is 0 Å². The number of phenolic OH excluding ortho intramolecular Hbond substituents is 1. The van der Waals surface area contributed by atoms with Gasteiger partial charge in [0.25, 0.3) is 0 Å². The Hall–Kier alpha value is -4.70. The molecule has 4 aromatic rings. The number of nitrogen functional groups attached to an aromatic ring is 1. The van der Waals surface area contributed by atoms with Crippen molar-refractivity contribution >= 4 is 39.2 Å². The van der Waals surface area contributed by atoms with Crippen LogP contribution in [0.4, 0.5) is 28.4 Å². The second-order valence-electron chi connectivity index (χ2n) is 8.03. The van der Waals surface area contributed by atoms with E-state index in [4.69, 9.17) is 25.1 Å².